The van der Waals surface area contributed by atoms with Crippen LogP contribution < -0.4 is 17.0 Å². The lowest BCUT2D eigenvalue weighted by Gasteiger charge is -2.21. The summed E-state index contributed by atoms with van der Waals surface area (Å²) in [6.07, 6.45) is -0.958. The molecule has 0 fully saturated rings. The van der Waals surface area contributed by atoms with Gasteiger partial charge in [0.1, 0.15) is 11.0 Å². The number of aliphatic hydroxyl groups is 3. The minimum absolute atomic E-state index is 0.0186. The number of rotatable bonds is 5. The molecule has 0 spiro atoms. The first kappa shape index (κ1) is 14.5. The van der Waals surface area contributed by atoms with Crippen molar-refractivity contribution < 1.29 is 15.3 Å². The molecule has 9 heteroatoms. The predicted molar refractivity (Wildman–Crippen MR) is 71.9 cm³/mol. The maximum atomic E-state index is 11.6. The van der Waals surface area contributed by atoms with Crippen molar-refractivity contribution >= 4 is 17.0 Å². The topological polar surface area (TPSA) is 174 Å². The van der Waals surface area contributed by atoms with Gasteiger partial charge in [0, 0.05) is 12.6 Å². The lowest BCUT2D eigenvalue weighted by atomic mass is 10.0. The molecular formula is C11H17N5O4. The Morgan fingerprint density at radius 3 is 2.75 bits per heavy atom. The first-order valence-electron chi connectivity index (χ1n) is 6.02. The van der Waals surface area contributed by atoms with Gasteiger partial charge in [0.2, 0.25) is 5.95 Å². The molecule has 0 saturated heterocycles. The molecule has 0 radical (unpaired) electrons. The fourth-order valence-corrected chi connectivity index (χ4v) is 1.98. The summed E-state index contributed by atoms with van der Waals surface area (Å²) < 4.78 is 0. The smallest absolute Gasteiger partial charge is 0.276 e. The van der Waals surface area contributed by atoms with E-state index < -0.39 is 30.4 Å². The van der Waals surface area contributed by atoms with Gasteiger partial charge < -0.3 is 31.8 Å². The van der Waals surface area contributed by atoms with Gasteiger partial charge in [-0.3, -0.25) is 9.78 Å². The van der Waals surface area contributed by atoms with Crippen LogP contribution in [0.2, 0.25) is 0 Å². The van der Waals surface area contributed by atoms with Crippen molar-refractivity contribution in [1.29, 1.82) is 0 Å². The van der Waals surface area contributed by atoms with Crippen LogP contribution in [-0.4, -0.2) is 55.1 Å². The van der Waals surface area contributed by atoms with Gasteiger partial charge in [-0.25, -0.2) is 4.98 Å². The van der Waals surface area contributed by atoms with Gasteiger partial charge in [0.25, 0.3) is 5.56 Å². The maximum absolute atomic E-state index is 11.6. The number of aliphatic hydroxyl groups excluding tert-OH is 3. The molecule has 9 N–H and O–H groups in total. The van der Waals surface area contributed by atoms with E-state index in [1.165, 1.54) is 6.20 Å². The van der Waals surface area contributed by atoms with Crippen LogP contribution in [-0.2, 0) is 6.42 Å². The Hall–Kier alpha value is -1.94. The molecule has 9 nitrogen and oxygen atoms in total. The van der Waals surface area contributed by atoms with E-state index in [4.69, 9.17) is 16.6 Å². The van der Waals surface area contributed by atoms with Crippen molar-refractivity contribution in [3.05, 3.63) is 22.1 Å². The minimum atomic E-state index is -1.29. The zero-order valence-corrected chi connectivity index (χ0v) is 10.6. The van der Waals surface area contributed by atoms with Crippen LogP contribution in [0.1, 0.15) is 5.56 Å². The summed E-state index contributed by atoms with van der Waals surface area (Å²) in [5, 5.41) is 28.4. The molecule has 0 amide bonds. The number of nitrogens with two attached hydrogens (primary N) is 2. The van der Waals surface area contributed by atoms with E-state index in [1.54, 1.807) is 0 Å². The number of hydrogen-bond donors (Lipinski definition) is 7. The SMILES string of the molecule is Nc1nc2c(CC(O)C(O)C(N)CO)c[nH]c2c(=O)[nH]1. The van der Waals surface area contributed by atoms with Crippen LogP contribution in [0.15, 0.2) is 11.0 Å². The number of fused-ring (bicyclic) bond motifs is 1. The van der Waals surface area contributed by atoms with Crippen LogP contribution in [0, 0.1) is 0 Å². The lowest BCUT2D eigenvalue weighted by Crippen LogP contribution is -2.46. The highest BCUT2D eigenvalue weighted by Crippen LogP contribution is 2.16. The second-order valence-corrected chi connectivity index (χ2v) is 4.60. The standard InChI is InChI=1S/C11H17N5O4/c12-5(3-17)9(19)6(18)1-4-2-14-8-7(4)15-11(13)16-10(8)20/h2,5-6,9,14,17-19H,1,3,12H2,(H3,13,15,16,20). The molecule has 110 valence electrons. The normalized spacial score (nSPS) is 16.2. The Bertz CT molecular complexity index is 652. The molecule has 0 aliphatic carbocycles. The number of H-pyrrole nitrogens is 2. The Balaban J connectivity index is 2.28. The van der Waals surface area contributed by atoms with Crippen molar-refractivity contribution in [2.75, 3.05) is 12.3 Å². The number of nitrogens with zero attached hydrogens (tertiary/aromatic N) is 1. The van der Waals surface area contributed by atoms with E-state index in [-0.39, 0.29) is 17.9 Å². The third-order valence-corrected chi connectivity index (χ3v) is 3.11. The highest BCUT2D eigenvalue weighted by molar-refractivity contribution is 5.78. The second kappa shape index (κ2) is 5.59. The van der Waals surface area contributed by atoms with Crippen LogP contribution in [0.4, 0.5) is 5.95 Å². The molecule has 0 aliphatic heterocycles. The summed E-state index contributed by atoms with van der Waals surface area (Å²) in [6.45, 7) is -0.447. The maximum Gasteiger partial charge on any atom is 0.276 e. The van der Waals surface area contributed by atoms with Crippen LogP contribution in [0.25, 0.3) is 11.0 Å². The van der Waals surface area contributed by atoms with Crippen molar-refractivity contribution in [3.8, 4) is 0 Å². The molecule has 0 aliphatic rings. The Labute approximate surface area is 113 Å². The Kier molecular flexibility index (Phi) is 4.04. The van der Waals surface area contributed by atoms with Crippen molar-refractivity contribution in [2.45, 2.75) is 24.7 Å². The molecule has 2 aromatic heterocycles. The van der Waals surface area contributed by atoms with E-state index in [9.17, 15) is 15.0 Å². The molecule has 2 rings (SSSR count). The molecule has 20 heavy (non-hydrogen) atoms. The summed E-state index contributed by atoms with van der Waals surface area (Å²) in [7, 11) is 0. The Morgan fingerprint density at radius 1 is 1.40 bits per heavy atom. The number of aromatic amines is 2. The van der Waals surface area contributed by atoms with Crippen molar-refractivity contribution in [1.82, 2.24) is 15.0 Å². The minimum Gasteiger partial charge on any atom is -0.395 e. The molecule has 0 aromatic carbocycles. The monoisotopic (exact) mass is 283 g/mol. The van der Waals surface area contributed by atoms with Gasteiger partial charge in [0.05, 0.1) is 24.9 Å². The highest BCUT2D eigenvalue weighted by Gasteiger charge is 2.24. The zero-order valence-electron chi connectivity index (χ0n) is 10.6. The van der Waals surface area contributed by atoms with E-state index in [0.717, 1.165) is 0 Å². The Morgan fingerprint density at radius 2 is 2.10 bits per heavy atom. The number of hydrogen-bond acceptors (Lipinski definition) is 7. The van der Waals surface area contributed by atoms with Gasteiger partial charge in [-0.15, -0.1) is 0 Å². The fraction of sp³-hybridized carbons (Fsp3) is 0.455. The molecule has 0 bridgehead atoms. The van der Waals surface area contributed by atoms with E-state index in [0.29, 0.717) is 11.1 Å². The van der Waals surface area contributed by atoms with Gasteiger partial charge in [0.15, 0.2) is 0 Å². The van der Waals surface area contributed by atoms with Crippen molar-refractivity contribution in [3.63, 3.8) is 0 Å². The van der Waals surface area contributed by atoms with Gasteiger partial charge in [-0.2, -0.15) is 0 Å². The summed E-state index contributed by atoms with van der Waals surface area (Å²) in [6, 6.07) is -0.948. The molecule has 2 heterocycles. The van der Waals surface area contributed by atoms with Gasteiger partial charge in [-0.1, -0.05) is 0 Å². The second-order valence-electron chi connectivity index (χ2n) is 4.60. The molecular weight excluding hydrogens is 266 g/mol. The quantitative estimate of drug-likeness (QED) is 0.315. The first-order valence-corrected chi connectivity index (χ1v) is 6.02. The van der Waals surface area contributed by atoms with Crippen molar-refractivity contribution in [2.24, 2.45) is 5.73 Å². The average Bonchev–Trinajstić information content (AvgIpc) is 2.80. The number of aromatic nitrogens is 3. The summed E-state index contributed by atoms with van der Waals surface area (Å²) in [5.74, 6) is -0.0366. The fourth-order valence-electron chi connectivity index (χ4n) is 1.98. The van der Waals surface area contributed by atoms with E-state index in [2.05, 4.69) is 15.0 Å². The predicted octanol–water partition coefficient (Wildman–Crippen LogP) is -2.58. The highest BCUT2D eigenvalue weighted by atomic mass is 16.3. The third-order valence-electron chi connectivity index (χ3n) is 3.11. The molecule has 3 atom stereocenters. The number of nitrogens with one attached hydrogen (secondary N) is 2. The molecule has 2 aromatic rings. The number of anilines is 1. The zero-order chi connectivity index (χ0) is 14.9. The van der Waals surface area contributed by atoms with Gasteiger partial charge in [-0.05, 0) is 5.56 Å². The van der Waals surface area contributed by atoms with E-state index >= 15 is 0 Å². The van der Waals surface area contributed by atoms with Gasteiger partial charge >= 0.3 is 0 Å². The molecule has 0 saturated carbocycles. The van der Waals surface area contributed by atoms with E-state index in [1.807, 2.05) is 0 Å². The lowest BCUT2D eigenvalue weighted by molar-refractivity contribution is -0.00636. The largest absolute Gasteiger partial charge is 0.395 e. The van der Waals surface area contributed by atoms with Crippen LogP contribution >= 0.6 is 0 Å². The summed E-state index contributed by atoms with van der Waals surface area (Å²) in [4.78, 5) is 20.7. The summed E-state index contributed by atoms with van der Waals surface area (Å²) >= 11 is 0. The van der Waals surface area contributed by atoms with Crippen LogP contribution in [0.5, 0.6) is 0 Å². The summed E-state index contributed by atoms with van der Waals surface area (Å²) in [5.41, 5.74) is 11.6. The number of nitrogen functional groups attached to an aromatic ring is 1. The average molecular weight is 283 g/mol. The first-order chi connectivity index (χ1) is 9.43. The third kappa shape index (κ3) is 2.65. The molecule has 3 unspecified atom stereocenters. The van der Waals surface area contributed by atoms with Crippen LogP contribution in [0.3, 0.4) is 0 Å².